The summed E-state index contributed by atoms with van der Waals surface area (Å²) in [7, 11) is 0. The second-order valence-electron chi connectivity index (χ2n) is 13.3. The molecule has 39 heavy (non-hydrogen) atoms. The van der Waals surface area contributed by atoms with Gasteiger partial charge in [0.05, 0.1) is 0 Å². The normalized spacial score (nSPS) is 12.0. The van der Waals surface area contributed by atoms with Crippen molar-refractivity contribution in [3.05, 3.63) is 0 Å². The molecular formula is C38H77Cl. The Morgan fingerprint density at radius 1 is 0.256 bits per heavy atom. The van der Waals surface area contributed by atoms with Crippen molar-refractivity contribution in [2.45, 2.75) is 244 Å². The van der Waals surface area contributed by atoms with E-state index in [9.17, 15) is 0 Å². The molecule has 0 fully saturated rings. The molecule has 0 N–H and O–H groups in total. The quantitative estimate of drug-likeness (QED) is 0.0534. The molecule has 0 heterocycles. The average Bonchev–Trinajstić information content (AvgIpc) is 2.94. The molecule has 0 radical (unpaired) electrons. The minimum absolute atomic E-state index is 0.0968. The largest absolute Gasteiger partial charge is 0.119 e. The van der Waals surface area contributed by atoms with Crippen LogP contribution in [0.2, 0.25) is 0 Å². The average molecular weight is 569 g/mol. The number of hydrogen-bond donors (Lipinski definition) is 0. The molecule has 0 aromatic carbocycles. The molecule has 0 saturated carbocycles. The molecule has 0 aromatic heterocycles. The van der Waals surface area contributed by atoms with Crippen LogP contribution < -0.4 is 0 Å². The lowest BCUT2D eigenvalue weighted by atomic mass is 9.88. The summed E-state index contributed by atoms with van der Waals surface area (Å²) in [6.45, 7) is 6.93. The summed E-state index contributed by atoms with van der Waals surface area (Å²) in [5.74, 6) is 0. The highest BCUT2D eigenvalue weighted by Crippen LogP contribution is 2.35. The molecule has 0 aromatic rings. The lowest BCUT2D eigenvalue weighted by Gasteiger charge is -2.27. The maximum absolute atomic E-state index is 7.38. The maximum Gasteiger partial charge on any atom is 0.0446 e. The van der Waals surface area contributed by atoms with Gasteiger partial charge in [-0.3, -0.25) is 0 Å². The molecule has 0 unspecified atom stereocenters. The highest BCUT2D eigenvalue weighted by molar-refractivity contribution is 6.23. The number of unbranched alkanes of at least 4 members (excludes halogenated alkanes) is 28. The van der Waals surface area contributed by atoms with Gasteiger partial charge >= 0.3 is 0 Å². The predicted molar refractivity (Wildman–Crippen MR) is 183 cm³/mol. The molecule has 1 heteroatoms. The van der Waals surface area contributed by atoms with Crippen LogP contribution in [0.1, 0.15) is 239 Å². The van der Waals surface area contributed by atoms with Crippen LogP contribution in [0.25, 0.3) is 0 Å². The van der Waals surface area contributed by atoms with E-state index in [0.29, 0.717) is 0 Å². The van der Waals surface area contributed by atoms with Gasteiger partial charge in [-0.2, -0.15) is 0 Å². The predicted octanol–water partition coefficient (Wildman–Crippen LogP) is 15.3. The van der Waals surface area contributed by atoms with Crippen molar-refractivity contribution in [2.75, 3.05) is 0 Å². The number of rotatable bonds is 34. The molecule has 0 amide bonds. The summed E-state index contributed by atoms with van der Waals surface area (Å²) in [6.07, 6.45) is 48.0. The minimum atomic E-state index is 0.0968. The molecule has 0 aliphatic carbocycles. The SMILES string of the molecule is CCCCCCCCCCCCCC(Cl)(CCCCCCCCCCCC)CCCCCCCCCCCC. The van der Waals surface area contributed by atoms with Crippen LogP contribution in [-0.2, 0) is 0 Å². The molecular weight excluding hydrogens is 492 g/mol. The highest BCUT2D eigenvalue weighted by Gasteiger charge is 2.25. The van der Waals surface area contributed by atoms with Gasteiger partial charge in [0.1, 0.15) is 0 Å². The van der Waals surface area contributed by atoms with Crippen molar-refractivity contribution < 1.29 is 0 Å². The summed E-state index contributed by atoms with van der Waals surface area (Å²) in [5.41, 5.74) is 0. The van der Waals surface area contributed by atoms with Crippen molar-refractivity contribution in [3.63, 3.8) is 0 Å². The second-order valence-corrected chi connectivity index (χ2v) is 14.1. The summed E-state index contributed by atoms with van der Waals surface area (Å²) < 4.78 is 0. The lowest BCUT2D eigenvalue weighted by molar-refractivity contribution is 0.394. The second kappa shape index (κ2) is 32.8. The van der Waals surface area contributed by atoms with Gasteiger partial charge in [-0.05, 0) is 19.3 Å². The van der Waals surface area contributed by atoms with E-state index in [1.807, 2.05) is 0 Å². The molecule has 0 nitrogen and oxygen atoms in total. The van der Waals surface area contributed by atoms with Crippen molar-refractivity contribution >= 4 is 11.6 Å². The molecule has 0 aliphatic heterocycles. The van der Waals surface area contributed by atoms with Crippen LogP contribution in [-0.4, -0.2) is 4.87 Å². The summed E-state index contributed by atoms with van der Waals surface area (Å²) >= 11 is 7.38. The zero-order valence-corrected chi connectivity index (χ0v) is 28.7. The van der Waals surface area contributed by atoms with Crippen molar-refractivity contribution in [2.24, 2.45) is 0 Å². The first kappa shape index (κ1) is 39.3. The molecule has 0 rings (SSSR count). The van der Waals surface area contributed by atoms with Gasteiger partial charge in [-0.15, -0.1) is 11.6 Å². The highest BCUT2D eigenvalue weighted by atomic mass is 35.5. The van der Waals surface area contributed by atoms with Gasteiger partial charge in [0.25, 0.3) is 0 Å². The van der Waals surface area contributed by atoms with Crippen molar-refractivity contribution in [3.8, 4) is 0 Å². The maximum atomic E-state index is 7.38. The van der Waals surface area contributed by atoms with Gasteiger partial charge in [-0.1, -0.05) is 220 Å². The Morgan fingerprint density at radius 2 is 0.410 bits per heavy atom. The van der Waals surface area contributed by atoms with Crippen molar-refractivity contribution in [1.82, 2.24) is 0 Å². The smallest absolute Gasteiger partial charge is 0.0446 e. The fraction of sp³-hybridized carbons (Fsp3) is 1.00. The molecule has 0 spiro atoms. The Kier molecular flexibility index (Phi) is 33.0. The third-order valence-electron chi connectivity index (χ3n) is 9.19. The van der Waals surface area contributed by atoms with E-state index >= 15 is 0 Å². The van der Waals surface area contributed by atoms with Gasteiger partial charge in [-0.25, -0.2) is 0 Å². The number of hydrogen-bond acceptors (Lipinski definition) is 0. The van der Waals surface area contributed by atoms with Gasteiger partial charge in [0.2, 0.25) is 0 Å². The Labute approximate surface area is 255 Å². The molecule has 0 aliphatic rings. The van der Waals surface area contributed by atoms with Crippen LogP contribution in [0.3, 0.4) is 0 Å². The zero-order valence-electron chi connectivity index (χ0n) is 27.9. The Hall–Kier alpha value is 0.290. The molecule has 0 atom stereocenters. The third-order valence-corrected chi connectivity index (χ3v) is 9.75. The van der Waals surface area contributed by atoms with E-state index in [2.05, 4.69) is 20.8 Å². The van der Waals surface area contributed by atoms with E-state index in [0.717, 1.165) is 0 Å². The third kappa shape index (κ3) is 31.1. The van der Waals surface area contributed by atoms with E-state index in [4.69, 9.17) is 11.6 Å². The van der Waals surface area contributed by atoms with E-state index in [1.54, 1.807) is 0 Å². The van der Waals surface area contributed by atoms with E-state index < -0.39 is 0 Å². The number of halogens is 1. The van der Waals surface area contributed by atoms with Crippen LogP contribution in [0.15, 0.2) is 0 Å². The molecule has 0 bridgehead atoms. The first-order valence-corrected chi connectivity index (χ1v) is 19.2. The zero-order chi connectivity index (χ0) is 28.5. The van der Waals surface area contributed by atoms with Crippen LogP contribution in [0.5, 0.6) is 0 Å². The van der Waals surface area contributed by atoms with Gasteiger partial charge in [0.15, 0.2) is 0 Å². The van der Waals surface area contributed by atoms with Crippen LogP contribution in [0, 0.1) is 0 Å². The summed E-state index contributed by atoms with van der Waals surface area (Å²) in [6, 6.07) is 0. The molecule has 0 saturated heterocycles. The first-order chi connectivity index (χ1) is 19.2. The minimum Gasteiger partial charge on any atom is -0.119 e. The number of alkyl halides is 1. The Bertz CT molecular complexity index is 406. The molecule has 236 valence electrons. The Morgan fingerprint density at radius 3 is 0.590 bits per heavy atom. The van der Waals surface area contributed by atoms with Gasteiger partial charge in [0, 0.05) is 4.87 Å². The summed E-state index contributed by atoms with van der Waals surface area (Å²) in [5, 5.41) is 0. The van der Waals surface area contributed by atoms with E-state index in [1.165, 1.54) is 218 Å². The van der Waals surface area contributed by atoms with Crippen LogP contribution >= 0.6 is 11.6 Å². The monoisotopic (exact) mass is 569 g/mol. The fourth-order valence-electron chi connectivity index (χ4n) is 6.34. The first-order valence-electron chi connectivity index (χ1n) is 18.9. The van der Waals surface area contributed by atoms with Crippen molar-refractivity contribution in [1.29, 1.82) is 0 Å². The van der Waals surface area contributed by atoms with Gasteiger partial charge < -0.3 is 0 Å². The fourth-order valence-corrected chi connectivity index (χ4v) is 6.74. The lowest BCUT2D eigenvalue weighted by Crippen LogP contribution is -2.21. The standard InChI is InChI=1S/C38H77Cl/c1-4-7-10-13-16-19-22-25-28-31-34-37-38(39,35-32-29-26-23-20-17-14-11-8-5-2)36-33-30-27-24-21-18-15-12-9-6-3/h4-37H2,1-3H3. The Balaban J connectivity index is 4.05. The van der Waals surface area contributed by atoms with E-state index in [-0.39, 0.29) is 4.87 Å². The van der Waals surface area contributed by atoms with Crippen LogP contribution in [0.4, 0.5) is 0 Å². The topological polar surface area (TPSA) is 0 Å². The summed E-state index contributed by atoms with van der Waals surface area (Å²) in [4.78, 5) is 0.0968.